The number of benzene rings is 2. The average molecular weight is 299 g/mol. The van der Waals surface area contributed by atoms with Gasteiger partial charge in [-0.25, -0.2) is 0 Å². The zero-order valence-electron chi connectivity index (χ0n) is 11.9. The number of hydrogen-bond donors (Lipinski definition) is 1. The zero-order chi connectivity index (χ0) is 15.0. The highest BCUT2D eigenvalue weighted by Gasteiger charge is 2.24. The highest BCUT2D eigenvalue weighted by atomic mass is 35.5. The van der Waals surface area contributed by atoms with E-state index in [1.807, 2.05) is 61.5 Å². The van der Waals surface area contributed by atoms with Crippen LogP contribution in [0.2, 0.25) is 5.02 Å². The standard InChI is InChI=1S/C17H15ClN2O/c1-20(2)13-6-3-11(4-7-13)9-15-14-10-12(18)5-8-16(14)19-17(15)21/h3-10H,1-2H3,(H,19,21)/b15-9-. The molecule has 1 amide bonds. The normalized spacial score (nSPS) is 15.0. The van der Waals surface area contributed by atoms with Crippen molar-refractivity contribution in [1.82, 2.24) is 0 Å². The van der Waals surface area contributed by atoms with Crippen molar-refractivity contribution in [3.63, 3.8) is 0 Å². The van der Waals surface area contributed by atoms with Gasteiger partial charge in [0.15, 0.2) is 0 Å². The molecule has 1 N–H and O–H groups in total. The van der Waals surface area contributed by atoms with Gasteiger partial charge >= 0.3 is 0 Å². The number of fused-ring (bicyclic) bond motifs is 1. The van der Waals surface area contributed by atoms with Crippen molar-refractivity contribution in [1.29, 1.82) is 0 Å². The van der Waals surface area contributed by atoms with Crippen LogP contribution in [0.1, 0.15) is 11.1 Å². The third-order valence-corrected chi connectivity index (χ3v) is 3.72. The van der Waals surface area contributed by atoms with Crippen molar-refractivity contribution >= 4 is 40.5 Å². The molecule has 3 rings (SSSR count). The summed E-state index contributed by atoms with van der Waals surface area (Å²) in [6, 6.07) is 13.5. The van der Waals surface area contributed by atoms with Crippen LogP contribution >= 0.6 is 11.6 Å². The van der Waals surface area contributed by atoms with Gasteiger partial charge in [-0.3, -0.25) is 4.79 Å². The molecule has 21 heavy (non-hydrogen) atoms. The van der Waals surface area contributed by atoms with E-state index in [0.717, 1.165) is 22.5 Å². The molecule has 0 saturated heterocycles. The molecule has 0 unspecified atom stereocenters. The summed E-state index contributed by atoms with van der Waals surface area (Å²) in [4.78, 5) is 14.1. The second-order valence-electron chi connectivity index (χ2n) is 5.19. The molecule has 0 fully saturated rings. The van der Waals surface area contributed by atoms with Crippen LogP contribution in [0.4, 0.5) is 11.4 Å². The molecule has 2 aromatic carbocycles. The Labute approximate surface area is 128 Å². The first-order chi connectivity index (χ1) is 10.0. The molecule has 0 saturated carbocycles. The lowest BCUT2D eigenvalue weighted by Gasteiger charge is -2.11. The molecule has 1 aliphatic heterocycles. The lowest BCUT2D eigenvalue weighted by molar-refractivity contribution is -0.110. The Morgan fingerprint density at radius 1 is 1.10 bits per heavy atom. The van der Waals surface area contributed by atoms with Crippen molar-refractivity contribution in [2.75, 3.05) is 24.3 Å². The minimum absolute atomic E-state index is 0.0936. The Hall–Kier alpha value is -2.26. The number of nitrogens with zero attached hydrogens (tertiary/aromatic N) is 1. The highest BCUT2D eigenvalue weighted by Crippen LogP contribution is 2.35. The van der Waals surface area contributed by atoms with Gasteiger partial charge in [0.2, 0.25) is 0 Å². The fourth-order valence-electron chi connectivity index (χ4n) is 2.34. The summed E-state index contributed by atoms with van der Waals surface area (Å²) in [5, 5.41) is 3.47. The maximum Gasteiger partial charge on any atom is 0.256 e. The topological polar surface area (TPSA) is 32.3 Å². The van der Waals surface area contributed by atoms with E-state index >= 15 is 0 Å². The van der Waals surface area contributed by atoms with Gasteiger partial charge in [-0.1, -0.05) is 23.7 Å². The van der Waals surface area contributed by atoms with Gasteiger partial charge in [-0.2, -0.15) is 0 Å². The predicted octanol–water partition coefficient (Wildman–Crippen LogP) is 3.90. The van der Waals surface area contributed by atoms with Gasteiger partial charge in [0.25, 0.3) is 5.91 Å². The first-order valence-corrected chi connectivity index (χ1v) is 7.03. The molecule has 1 heterocycles. The maximum atomic E-state index is 12.1. The Bertz CT molecular complexity index is 733. The maximum absolute atomic E-state index is 12.1. The van der Waals surface area contributed by atoms with Gasteiger partial charge in [-0.05, 0) is 42.0 Å². The summed E-state index contributed by atoms with van der Waals surface area (Å²) >= 11 is 6.02. The Morgan fingerprint density at radius 2 is 1.81 bits per heavy atom. The van der Waals surface area contributed by atoms with Gasteiger partial charge in [0.05, 0.1) is 0 Å². The van der Waals surface area contributed by atoms with Crippen molar-refractivity contribution < 1.29 is 4.79 Å². The van der Waals surface area contributed by atoms with Crippen LogP contribution in [0.15, 0.2) is 42.5 Å². The van der Waals surface area contributed by atoms with E-state index in [9.17, 15) is 4.79 Å². The van der Waals surface area contributed by atoms with Crippen molar-refractivity contribution in [3.8, 4) is 0 Å². The highest BCUT2D eigenvalue weighted by molar-refractivity contribution is 6.36. The summed E-state index contributed by atoms with van der Waals surface area (Å²) in [5.74, 6) is -0.0936. The van der Waals surface area contributed by atoms with Crippen molar-refractivity contribution in [2.24, 2.45) is 0 Å². The Morgan fingerprint density at radius 3 is 2.48 bits per heavy atom. The molecule has 2 aromatic rings. The monoisotopic (exact) mass is 298 g/mol. The minimum atomic E-state index is -0.0936. The van der Waals surface area contributed by atoms with Crippen LogP contribution < -0.4 is 10.2 Å². The van der Waals surface area contributed by atoms with Crippen LogP contribution in [0.25, 0.3) is 11.6 Å². The number of halogens is 1. The molecule has 0 bridgehead atoms. The quantitative estimate of drug-likeness (QED) is 0.853. The number of hydrogen-bond acceptors (Lipinski definition) is 2. The first kappa shape index (κ1) is 13.7. The average Bonchev–Trinajstić information content (AvgIpc) is 2.76. The van der Waals surface area contributed by atoms with E-state index in [4.69, 9.17) is 11.6 Å². The number of anilines is 2. The van der Waals surface area contributed by atoms with E-state index in [1.54, 1.807) is 6.07 Å². The van der Waals surface area contributed by atoms with E-state index in [0.29, 0.717) is 10.6 Å². The fraction of sp³-hybridized carbons (Fsp3) is 0.118. The number of rotatable bonds is 2. The molecular formula is C17H15ClN2O. The SMILES string of the molecule is CN(C)c1ccc(/C=C2\C(=O)Nc3ccc(Cl)cc32)cc1. The van der Waals surface area contributed by atoms with Crippen LogP contribution in [0.5, 0.6) is 0 Å². The molecule has 0 aromatic heterocycles. The van der Waals surface area contributed by atoms with Gasteiger partial charge in [-0.15, -0.1) is 0 Å². The van der Waals surface area contributed by atoms with Gasteiger partial charge in [0.1, 0.15) is 0 Å². The van der Waals surface area contributed by atoms with Crippen LogP contribution in [0, 0.1) is 0 Å². The zero-order valence-corrected chi connectivity index (χ0v) is 12.6. The smallest absolute Gasteiger partial charge is 0.256 e. The molecule has 4 heteroatoms. The molecule has 0 aliphatic carbocycles. The third-order valence-electron chi connectivity index (χ3n) is 3.49. The summed E-state index contributed by atoms with van der Waals surface area (Å²) in [6.45, 7) is 0. The second-order valence-corrected chi connectivity index (χ2v) is 5.62. The molecule has 0 radical (unpaired) electrons. The molecular weight excluding hydrogens is 284 g/mol. The van der Waals surface area contributed by atoms with Crippen molar-refractivity contribution in [3.05, 3.63) is 58.6 Å². The molecule has 0 atom stereocenters. The Kier molecular flexibility index (Phi) is 3.43. The van der Waals surface area contributed by atoms with E-state index in [1.165, 1.54) is 0 Å². The molecule has 0 spiro atoms. The number of amides is 1. The molecule has 1 aliphatic rings. The fourth-order valence-corrected chi connectivity index (χ4v) is 2.51. The second kappa shape index (κ2) is 5.26. The minimum Gasteiger partial charge on any atom is -0.378 e. The van der Waals surface area contributed by atoms with Gasteiger partial charge in [0, 0.05) is 41.6 Å². The van der Waals surface area contributed by atoms with Crippen molar-refractivity contribution in [2.45, 2.75) is 0 Å². The number of nitrogens with one attached hydrogen (secondary N) is 1. The first-order valence-electron chi connectivity index (χ1n) is 6.65. The lowest BCUT2D eigenvalue weighted by atomic mass is 10.0. The van der Waals surface area contributed by atoms with E-state index in [-0.39, 0.29) is 5.91 Å². The van der Waals surface area contributed by atoms with Crippen LogP contribution in [-0.4, -0.2) is 20.0 Å². The molecule has 106 valence electrons. The third kappa shape index (κ3) is 2.65. The molecule has 3 nitrogen and oxygen atoms in total. The number of carbonyl (C=O) groups excluding carboxylic acids is 1. The number of carbonyl (C=O) groups is 1. The van der Waals surface area contributed by atoms with E-state index < -0.39 is 0 Å². The summed E-state index contributed by atoms with van der Waals surface area (Å²) in [7, 11) is 3.99. The van der Waals surface area contributed by atoms with Gasteiger partial charge < -0.3 is 10.2 Å². The summed E-state index contributed by atoms with van der Waals surface area (Å²) in [6.07, 6.45) is 1.89. The van der Waals surface area contributed by atoms with Crippen LogP contribution in [-0.2, 0) is 4.79 Å². The van der Waals surface area contributed by atoms with Crippen LogP contribution in [0.3, 0.4) is 0 Å². The van der Waals surface area contributed by atoms with E-state index in [2.05, 4.69) is 5.32 Å². The summed E-state index contributed by atoms with van der Waals surface area (Å²) < 4.78 is 0. The largest absolute Gasteiger partial charge is 0.378 e. The Balaban J connectivity index is 2.00. The lowest BCUT2D eigenvalue weighted by Crippen LogP contribution is -2.08. The summed E-state index contributed by atoms with van der Waals surface area (Å²) in [5.41, 5.74) is 4.41. The predicted molar refractivity (Wildman–Crippen MR) is 88.7 cm³/mol.